The van der Waals surface area contributed by atoms with Gasteiger partial charge >= 0.3 is 17.8 Å². The number of halogens is 2. The lowest BCUT2D eigenvalue weighted by Gasteiger charge is -2.13. The van der Waals surface area contributed by atoms with Gasteiger partial charge in [0.2, 0.25) is 0 Å². The highest BCUT2D eigenvalue weighted by molar-refractivity contribution is 6.31. The molecule has 9 heteroatoms. The van der Waals surface area contributed by atoms with Gasteiger partial charge in [-0.1, -0.05) is 18.2 Å². The van der Waals surface area contributed by atoms with Gasteiger partial charge in [0.1, 0.15) is 18.4 Å². The lowest BCUT2D eigenvalue weighted by Crippen LogP contribution is -2.45. The summed E-state index contributed by atoms with van der Waals surface area (Å²) < 4.78 is 31.5. The topological polar surface area (TPSA) is 113 Å². The predicted molar refractivity (Wildman–Crippen MR) is 88.0 cm³/mol. The molecular weight excluding hydrogens is 364 g/mol. The molecule has 0 aliphatic rings. The van der Waals surface area contributed by atoms with E-state index < -0.39 is 35.5 Å². The maximum Gasteiger partial charge on any atom is 0.394 e. The molecule has 0 bridgehead atoms. The maximum absolute atomic E-state index is 13.1. The van der Waals surface area contributed by atoms with E-state index in [2.05, 4.69) is 0 Å². The van der Waals surface area contributed by atoms with Crippen molar-refractivity contribution in [3.63, 3.8) is 0 Å². The van der Waals surface area contributed by atoms with Crippen LogP contribution in [0.5, 0.6) is 5.75 Å². The van der Waals surface area contributed by atoms with Crippen LogP contribution in [0.25, 0.3) is 0 Å². The van der Waals surface area contributed by atoms with E-state index in [1.807, 2.05) is 5.32 Å². The van der Waals surface area contributed by atoms with Gasteiger partial charge in [-0.2, -0.15) is 0 Å². The molecule has 2 aromatic carbocycles. The number of hydrogen-bond donors (Lipinski definition) is 3. The van der Waals surface area contributed by atoms with Crippen LogP contribution in [0.3, 0.4) is 0 Å². The fraction of sp³-hybridized carbons (Fsp3) is 0.167. The number of ether oxygens (including phenoxy) is 1. The Bertz CT molecular complexity index is 853. The highest BCUT2D eigenvalue weighted by Crippen LogP contribution is 2.16. The molecule has 0 spiro atoms. The van der Waals surface area contributed by atoms with Crippen LogP contribution in [0.1, 0.15) is 11.1 Å². The van der Waals surface area contributed by atoms with Crippen LogP contribution in [-0.4, -0.2) is 34.1 Å². The number of carbonyl (C=O) groups is 3. The van der Waals surface area contributed by atoms with E-state index in [0.717, 1.165) is 12.1 Å². The largest absolute Gasteiger partial charge is 0.489 e. The fourth-order valence-corrected chi connectivity index (χ4v) is 2.17. The third kappa shape index (κ3) is 5.77. The molecule has 0 fully saturated rings. The highest BCUT2D eigenvalue weighted by atomic mass is 19.2. The van der Waals surface area contributed by atoms with Crippen LogP contribution in [0.15, 0.2) is 42.5 Å². The van der Waals surface area contributed by atoms with E-state index in [-0.39, 0.29) is 13.0 Å². The van der Waals surface area contributed by atoms with Crippen molar-refractivity contribution in [1.29, 1.82) is 0 Å². The Kier molecular flexibility index (Phi) is 6.42. The Balaban J connectivity index is 1.96. The minimum absolute atomic E-state index is 0.00294. The Morgan fingerprint density at radius 3 is 2.15 bits per heavy atom. The van der Waals surface area contributed by atoms with E-state index in [9.17, 15) is 23.2 Å². The summed E-state index contributed by atoms with van der Waals surface area (Å²) in [7, 11) is 0. The van der Waals surface area contributed by atoms with Gasteiger partial charge in [0.15, 0.2) is 11.6 Å². The van der Waals surface area contributed by atoms with Crippen LogP contribution >= 0.6 is 0 Å². The maximum atomic E-state index is 13.1. The average molecular weight is 379 g/mol. The van der Waals surface area contributed by atoms with Crippen molar-refractivity contribution in [3.8, 4) is 5.75 Å². The summed E-state index contributed by atoms with van der Waals surface area (Å²) in [6, 6.07) is 8.16. The smallest absolute Gasteiger partial charge is 0.394 e. The summed E-state index contributed by atoms with van der Waals surface area (Å²) in [5.74, 6) is -6.08. The standard InChI is InChI=1S/C18H15F2NO6/c19-13-6-3-11(7-14(13)20)9-27-12-4-1-10(2-5-12)8-15(17(23)24)21-16(22)18(25)26/h1-7,15H,8-9H2,(H,21,22)(H,23,24)(H,25,26)/t15-/m1/s1. The Morgan fingerprint density at radius 2 is 1.59 bits per heavy atom. The number of carbonyl (C=O) groups excluding carboxylic acids is 1. The number of rotatable bonds is 7. The Hall–Kier alpha value is -3.49. The first-order valence-electron chi connectivity index (χ1n) is 7.68. The van der Waals surface area contributed by atoms with Crippen LogP contribution in [-0.2, 0) is 27.4 Å². The molecule has 0 aromatic heterocycles. The van der Waals surface area contributed by atoms with Crippen molar-refractivity contribution in [3.05, 3.63) is 65.2 Å². The molecule has 0 aliphatic carbocycles. The second-order valence-corrected chi connectivity index (χ2v) is 5.55. The number of carboxylic acids is 2. The Labute approximate surface area is 152 Å². The zero-order valence-corrected chi connectivity index (χ0v) is 13.8. The normalized spacial score (nSPS) is 11.5. The number of carboxylic acid groups (broad SMARTS) is 2. The number of amides is 1. The number of nitrogens with one attached hydrogen (secondary N) is 1. The lowest BCUT2D eigenvalue weighted by molar-refractivity contribution is -0.152. The van der Waals surface area contributed by atoms with Crippen LogP contribution in [0.2, 0.25) is 0 Å². The highest BCUT2D eigenvalue weighted by Gasteiger charge is 2.23. The fourth-order valence-electron chi connectivity index (χ4n) is 2.17. The minimum atomic E-state index is -1.78. The molecular formula is C18H15F2NO6. The van der Waals surface area contributed by atoms with Gasteiger partial charge in [-0.3, -0.25) is 4.79 Å². The molecule has 0 unspecified atom stereocenters. The van der Waals surface area contributed by atoms with Crippen molar-refractivity contribution in [2.45, 2.75) is 19.1 Å². The zero-order valence-electron chi connectivity index (χ0n) is 13.8. The lowest BCUT2D eigenvalue weighted by atomic mass is 10.1. The molecule has 0 radical (unpaired) electrons. The van der Waals surface area contributed by atoms with Crippen molar-refractivity contribution in [2.75, 3.05) is 0 Å². The van der Waals surface area contributed by atoms with Gasteiger partial charge in [-0.25, -0.2) is 18.4 Å². The molecule has 1 atom stereocenters. The average Bonchev–Trinajstić information content (AvgIpc) is 2.63. The third-order valence-corrected chi connectivity index (χ3v) is 3.55. The van der Waals surface area contributed by atoms with E-state index in [1.165, 1.54) is 18.2 Å². The van der Waals surface area contributed by atoms with Crippen molar-refractivity contribution < 1.29 is 38.1 Å². The van der Waals surface area contributed by atoms with Crippen molar-refractivity contribution in [2.24, 2.45) is 0 Å². The van der Waals surface area contributed by atoms with E-state index in [1.54, 1.807) is 12.1 Å². The van der Waals surface area contributed by atoms with Gasteiger partial charge in [-0.05, 0) is 35.4 Å². The number of aliphatic carboxylic acids is 2. The monoisotopic (exact) mass is 379 g/mol. The number of benzene rings is 2. The van der Waals surface area contributed by atoms with E-state index >= 15 is 0 Å². The first-order chi connectivity index (χ1) is 12.8. The first-order valence-corrected chi connectivity index (χ1v) is 7.68. The molecule has 1 amide bonds. The van der Waals surface area contributed by atoms with E-state index in [0.29, 0.717) is 16.9 Å². The second-order valence-electron chi connectivity index (χ2n) is 5.55. The van der Waals surface area contributed by atoms with Crippen molar-refractivity contribution in [1.82, 2.24) is 5.32 Å². The molecule has 142 valence electrons. The molecule has 0 heterocycles. The summed E-state index contributed by atoms with van der Waals surface area (Å²) in [6.45, 7) is 0.00294. The molecule has 3 N–H and O–H groups in total. The Morgan fingerprint density at radius 1 is 0.963 bits per heavy atom. The molecule has 0 saturated carbocycles. The van der Waals surface area contributed by atoms with Gasteiger partial charge < -0.3 is 20.3 Å². The summed E-state index contributed by atoms with van der Waals surface area (Å²) in [5.41, 5.74) is 0.952. The van der Waals surface area contributed by atoms with Gasteiger partial charge in [-0.15, -0.1) is 0 Å². The molecule has 0 aliphatic heterocycles. The summed E-state index contributed by atoms with van der Waals surface area (Å²) in [4.78, 5) is 32.8. The van der Waals surface area contributed by atoms with Crippen LogP contribution in [0, 0.1) is 11.6 Å². The predicted octanol–water partition coefficient (Wildman–Crippen LogP) is 1.74. The second kappa shape index (κ2) is 8.75. The van der Waals surface area contributed by atoms with Gasteiger partial charge in [0, 0.05) is 6.42 Å². The first kappa shape index (κ1) is 19.8. The molecule has 2 rings (SSSR count). The molecule has 27 heavy (non-hydrogen) atoms. The van der Waals surface area contributed by atoms with Gasteiger partial charge in [0.05, 0.1) is 0 Å². The minimum Gasteiger partial charge on any atom is -0.489 e. The summed E-state index contributed by atoms with van der Waals surface area (Å²) >= 11 is 0. The van der Waals surface area contributed by atoms with Crippen LogP contribution in [0.4, 0.5) is 8.78 Å². The quantitative estimate of drug-likeness (QED) is 0.632. The molecule has 7 nitrogen and oxygen atoms in total. The third-order valence-electron chi connectivity index (χ3n) is 3.55. The van der Waals surface area contributed by atoms with E-state index in [4.69, 9.17) is 14.9 Å². The van der Waals surface area contributed by atoms with Crippen molar-refractivity contribution >= 4 is 17.8 Å². The SMILES string of the molecule is O=C(O)C(=O)N[C@H](Cc1ccc(OCc2ccc(F)c(F)c2)cc1)C(=O)O. The molecule has 2 aromatic rings. The zero-order chi connectivity index (χ0) is 20.0. The summed E-state index contributed by atoms with van der Waals surface area (Å²) in [6.07, 6.45) is -0.127. The van der Waals surface area contributed by atoms with Gasteiger partial charge in [0.25, 0.3) is 0 Å². The number of hydrogen-bond acceptors (Lipinski definition) is 4. The van der Waals surface area contributed by atoms with Crippen LogP contribution < -0.4 is 10.1 Å². The summed E-state index contributed by atoms with van der Waals surface area (Å²) in [5, 5.41) is 19.5. The molecule has 0 saturated heterocycles.